The molecule has 0 aromatic carbocycles. The maximum absolute atomic E-state index is 12.4. The van der Waals surface area contributed by atoms with Crippen LogP contribution in [0.4, 0.5) is 5.95 Å². The van der Waals surface area contributed by atoms with Gasteiger partial charge in [0.1, 0.15) is 11.4 Å². The van der Waals surface area contributed by atoms with Crippen LogP contribution in [-0.4, -0.2) is 45.1 Å². The average Bonchev–Trinajstić information content (AvgIpc) is 3.33. The predicted octanol–water partition coefficient (Wildman–Crippen LogP) is 0.626. The van der Waals surface area contributed by atoms with Crippen molar-refractivity contribution in [1.82, 2.24) is 24.8 Å². The SMILES string of the molecule is O=C(NCC1CC1)c1cn2c(nc1=O)C[C@@]1(CCN(c3ncccn3)C1)C2. The summed E-state index contributed by atoms with van der Waals surface area (Å²) in [6, 6.07) is 1.81. The number of fused-ring (bicyclic) bond motifs is 1. The summed E-state index contributed by atoms with van der Waals surface area (Å²) in [6.07, 6.45) is 9.26. The average molecular weight is 366 g/mol. The molecule has 2 fully saturated rings. The Morgan fingerprint density at radius 3 is 2.85 bits per heavy atom. The summed E-state index contributed by atoms with van der Waals surface area (Å²) >= 11 is 0. The van der Waals surface area contributed by atoms with E-state index in [-0.39, 0.29) is 16.9 Å². The first kappa shape index (κ1) is 16.4. The summed E-state index contributed by atoms with van der Waals surface area (Å²) < 4.78 is 1.99. The Labute approximate surface area is 156 Å². The predicted molar refractivity (Wildman–Crippen MR) is 98.6 cm³/mol. The fourth-order valence-electron chi connectivity index (χ4n) is 4.20. The quantitative estimate of drug-likeness (QED) is 0.853. The third-order valence-corrected chi connectivity index (χ3v) is 5.88. The van der Waals surface area contributed by atoms with E-state index in [1.54, 1.807) is 18.6 Å². The highest BCUT2D eigenvalue weighted by molar-refractivity contribution is 5.93. The molecule has 0 unspecified atom stereocenters. The largest absolute Gasteiger partial charge is 0.352 e. The van der Waals surface area contributed by atoms with E-state index in [1.165, 1.54) is 0 Å². The third-order valence-electron chi connectivity index (χ3n) is 5.88. The molecule has 3 aliphatic rings. The van der Waals surface area contributed by atoms with Crippen molar-refractivity contribution >= 4 is 11.9 Å². The molecule has 140 valence electrons. The Morgan fingerprint density at radius 2 is 2.07 bits per heavy atom. The van der Waals surface area contributed by atoms with E-state index in [0.717, 1.165) is 57.1 Å². The minimum Gasteiger partial charge on any atom is -0.352 e. The summed E-state index contributed by atoms with van der Waals surface area (Å²) in [5, 5.41) is 2.87. The number of hydrogen-bond acceptors (Lipinski definition) is 6. The molecule has 1 amide bonds. The van der Waals surface area contributed by atoms with Crippen LogP contribution in [0.1, 0.15) is 35.4 Å². The summed E-state index contributed by atoms with van der Waals surface area (Å²) in [7, 11) is 0. The van der Waals surface area contributed by atoms with Crippen molar-refractivity contribution in [3.63, 3.8) is 0 Å². The lowest BCUT2D eigenvalue weighted by molar-refractivity contribution is 0.0949. The fourth-order valence-corrected chi connectivity index (χ4v) is 4.20. The van der Waals surface area contributed by atoms with Crippen molar-refractivity contribution in [2.45, 2.75) is 32.2 Å². The summed E-state index contributed by atoms with van der Waals surface area (Å²) in [5.41, 5.74) is -0.250. The number of aromatic nitrogens is 4. The molecule has 5 rings (SSSR count). The zero-order chi connectivity index (χ0) is 18.4. The number of amides is 1. The monoisotopic (exact) mass is 366 g/mol. The van der Waals surface area contributed by atoms with Crippen LogP contribution in [-0.2, 0) is 13.0 Å². The van der Waals surface area contributed by atoms with Crippen LogP contribution >= 0.6 is 0 Å². The smallest absolute Gasteiger partial charge is 0.285 e. The Bertz CT molecular complexity index is 939. The fraction of sp³-hybridized carbons (Fsp3) is 0.526. The number of rotatable bonds is 4. The van der Waals surface area contributed by atoms with Crippen molar-refractivity contribution in [3.8, 4) is 0 Å². The molecule has 1 aliphatic carbocycles. The Balaban J connectivity index is 1.34. The van der Waals surface area contributed by atoms with Crippen LogP contribution in [0.2, 0.25) is 0 Å². The van der Waals surface area contributed by atoms with E-state index < -0.39 is 5.56 Å². The van der Waals surface area contributed by atoms with Gasteiger partial charge in [-0.15, -0.1) is 0 Å². The van der Waals surface area contributed by atoms with E-state index in [9.17, 15) is 9.59 Å². The second-order valence-corrected chi connectivity index (χ2v) is 8.05. The highest BCUT2D eigenvalue weighted by atomic mass is 16.2. The zero-order valence-electron chi connectivity index (χ0n) is 15.1. The first-order chi connectivity index (χ1) is 13.1. The second kappa shape index (κ2) is 6.14. The summed E-state index contributed by atoms with van der Waals surface area (Å²) in [4.78, 5) is 39.8. The van der Waals surface area contributed by atoms with Crippen molar-refractivity contribution in [3.05, 3.63) is 46.4 Å². The normalized spacial score (nSPS) is 23.6. The molecule has 8 nitrogen and oxygen atoms in total. The molecule has 1 saturated carbocycles. The van der Waals surface area contributed by atoms with E-state index >= 15 is 0 Å². The van der Waals surface area contributed by atoms with Crippen molar-refractivity contribution in [2.75, 3.05) is 24.5 Å². The highest BCUT2D eigenvalue weighted by Gasteiger charge is 2.44. The van der Waals surface area contributed by atoms with Gasteiger partial charge < -0.3 is 14.8 Å². The molecule has 2 aromatic rings. The number of carbonyl (C=O) groups is 1. The van der Waals surface area contributed by atoms with Gasteiger partial charge in [0.15, 0.2) is 0 Å². The first-order valence-electron chi connectivity index (χ1n) is 9.52. The van der Waals surface area contributed by atoms with Crippen LogP contribution in [0, 0.1) is 11.3 Å². The minimum absolute atomic E-state index is 0.0226. The Morgan fingerprint density at radius 1 is 1.26 bits per heavy atom. The Kier molecular flexibility index (Phi) is 3.73. The molecule has 1 saturated heterocycles. The molecule has 4 heterocycles. The maximum Gasteiger partial charge on any atom is 0.285 e. The maximum atomic E-state index is 12.4. The molecule has 0 bridgehead atoms. The Hall–Kier alpha value is -2.77. The molecule has 1 spiro atoms. The van der Waals surface area contributed by atoms with Crippen molar-refractivity contribution in [2.24, 2.45) is 11.3 Å². The van der Waals surface area contributed by atoms with Crippen LogP contribution in [0.15, 0.2) is 29.5 Å². The summed E-state index contributed by atoms with van der Waals surface area (Å²) in [5.74, 6) is 1.79. The van der Waals surface area contributed by atoms with Crippen LogP contribution < -0.4 is 15.8 Å². The molecule has 2 aliphatic heterocycles. The van der Waals surface area contributed by atoms with Crippen LogP contribution in [0.25, 0.3) is 0 Å². The second-order valence-electron chi connectivity index (χ2n) is 8.05. The van der Waals surface area contributed by atoms with Gasteiger partial charge in [-0.2, -0.15) is 4.98 Å². The molecule has 1 atom stereocenters. The third kappa shape index (κ3) is 3.09. The lowest BCUT2D eigenvalue weighted by Crippen LogP contribution is -2.32. The molecular weight excluding hydrogens is 344 g/mol. The number of nitrogens with zero attached hydrogens (tertiary/aromatic N) is 5. The minimum atomic E-state index is -0.423. The van der Waals surface area contributed by atoms with Crippen molar-refractivity contribution in [1.29, 1.82) is 0 Å². The van der Waals surface area contributed by atoms with Gasteiger partial charge in [-0.1, -0.05) is 0 Å². The van der Waals surface area contributed by atoms with E-state index in [1.807, 2.05) is 10.6 Å². The van der Waals surface area contributed by atoms with E-state index in [4.69, 9.17) is 0 Å². The molecular formula is C19H22N6O2. The van der Waals surface area contributed by atoms with Gasteiger partial charge in [0, 0.05) is 56.6 Å². The summed E-state index contributed by atoms with van der Waals surface area (Å²) in [6.45, 7) is 3.13. The molecule has 0 radical (unpaired) electrons. The lowest BCUT2D eigenvalue weighted by Gasteiger charge is -2.22. The van der Waals surface area contributed by atoms with Gasteiger partial charge >= 0.3 is 0 Å². The van der Waals surface area contributed by atoms with E-state index in [2.05, 4.69) is 25.2 Å². The molecule has 2 aromatic heterocycles. The zero-order valence-corrected chi connectivity index (χ0v) is 15.1. The lowest BCUT2D eigenvalue weighted by atomic mass is 9.86. The topological polar surface area (TPSA) is 93.0 Å². The van der Waals surface area contributed by atoms with Gasteiger partial charge in [-0.25, -0.2) is 9.97 Å². The van der Waals surface area contributed by atoms with Gasteiger partial charge in [-0.3, -0.25) is 9.59 Å². The van der Waals surface area contributed by atoms with Crippen LogP contribution in [0.5, 0.6) is 0 Å². The van der Waals surface area contributed by atoms with Gasteiger partial charge in [-0.05, 0) is 31.2 Å². The van der Waals surface area contributed by atoms with Crippen molar-refractivity contribution < 1.29 is 4.79 Å². The highest BCUT2D eigenvalue weighted by Crippen LogP contribution is 2.40. The van der Waals surface area contributed by atoms with Crippen LogP contribution in [0.3, 0.4) is 0 Å². The van der Waals surface area contributed by atoms with Gasteiger partial charge in [0.05, 0.1) is 0 Å². The first-order valence-corrected chi connectivity index (χ1v) is 9.52. The van der Waals surface area contributed by atoms with Gasteiger partial charge in [0.25, 0.3) is 11.5 Å². The standard InChI is InChI=1S/C19H22N6O2/c26-16(22-9-13-2-3-13)14-10-25-12-19(8-15(25)23-17(14)27)4-7-24(11-19)18-20-5-1-6-21-18/h1,5-6,10,13H,2-4,7-9,11-12H2,(H,22,26)/t19-/m1/s1. The molecule has 27 heavy (non-hydrogen) atoms. The number of nitrogens with one attached hydrogen (secondary N) is 1. The number of anilines is 1. The van der Waals surface area contributed by atoms with Gasteiger partial charge in [0.2, 0.25) is 5.95 Å². The molecule has 8 heteroatoms. The number of carbonyl (C=O) groups excluding carboxylic acids is 1. The van der Waals surface area contributed by atoms with E-state index in [0.29, 0.717) is 12.5 Å². The number of hydrogen-bond donors (Lipinski definition) is 1. The molecule has 1 N–H and O–H groups in total.